The largest absolute Gasteiger partial charge is 0.365 e. The molecule has 0 aliphatic rings. The van der Waals surface area contributed by atoms with Gasteiger partial charge in [-0.1, -0.05) is 48.5 Å². The van der Waals surface area contributed by atoms with Crippen molar-refractivity contribution in [1.29, 1.82) is 0 Å². The van der Waals surface area contributed by atoms with E-state index < -0.39 is 5.91 Å². The summed E-state index contributed by atoms with van der Waals surface area (Å²) >= 11 is 0. The maximum atomic E-state index is 12.3. The minimum Gasteiger partial charge on any atom is -0.365 e. The summed E-state index contributed by atoms with van der Waals surface area (Å²) in [5.41, 5.74) is 9.38. The second-order valence-electron chi connectivity index (χ2n) is 7.26. The smallest absolute Gasteiger partial charge is 0.254 e. The summed E-state index contributed by atoms with van der Waals surface area (Å²) < 4.78 is 0. The van der Waals surface area contributed by atoms with Crippen LogP contribution >= 0.6 is 0 Å². The fourth-order valence-electron chi connectivity index (χ4n) is 3.32. The molecule has 0 unspecified atom stereocenters. The van der Waals surface area contributed by atoms with Gasteiger partial charge in [-0.3, -0.25) is 14.7 Å². The lowest BCUT2D eigenvalue weighted by atomic mass is 10.1. The average Bonchev–Trinajstić information content (AvgIpc) is 3.19. The highest BCUT2D eigenvalue weighted by molar-refractivity contribution is 6.04. The molecule has 2 amide bonds. The van der Waals surface area contributed by atoms with Crippen molar-refractivity contribution >= 4 is 29.1 Å². The summed E-state index contributed by atoms with van der Waals surface area (Å²) in [6.45, 7) is 1.87. The van der Waals surface area contributed by atoms with Gasteiger partial charge in [0.15, 0.2) is 0 Å². The van der Waals surface area contributed by atoms with Crippen LogP contribution in [0, 0.1) is 6.92 Å². The van der Waals surface area contributed by atoms with Crippen molar-refractivity contribution in [2.75, 3.05) is 10.6 Å². The molecule has 160 valence electrons. The molecule has 0 spiro atoms. The first-order valence-electron chi connectivity index (χ1n) is 10.0. The first-order valence-corrected chi connectivity index (χ1v) is 10.0. The molecule has 8 heteroatoms. The van der Waals surface area contributed by atoms with Gasteiger partial charge in [0.25, 0.3) is 5.91 Å². The van der Waals surface area contributed by atoms with Crippen molar-refractivity contribution in [3.8, 4) is 11.3 Å². The average molecular weight is 426 g/mol. The highest BCUT2D eigenvalue weighted by atomic mass is 16.2. The van der Waals surface area contributed by atoms with Gasteiger partial charge in [-0.2, -0.15) is 5.10 Å². The zero-order valence-corrected chi connectivity index (χ0v) is 17.4. The number of amides is 2. The van der Waals surface area contributed by atoms with Gasteiger partial charge in [-0.25, -0.2) is 4.98 Å². The van der Waals surface area contributed by atoms with Crippen molar-refractivity contribution in [3.63, 3.8) is 0 Å². The second kappa shape index (κ2) is 9.13. The Labute approximate surface area is 184 Å². The van der Waals surface area contributed by atoms with Gasteiger partial charge in [-0.15, -0.1) is 0 Å². The summed E-state index contributed by atoms with van der Waals surface area (Å²) in [5.74, 6) is 0.202. The Morgan fingerprint density at radius 1 is 0.969 bits per heavy atom. The van der Waals surface area contributed by atoms with E-state index in [1.54, 1.807) is 30.3 Å². The summed E-state index contributed by atoms with van der Waals surface area (Å²) in [6, 6.07) is 22.1. The number of primary amides is 1. The molecule has 32 heavy (non-hydrogen) atoms. The number of benzene rings is 2. The Kier molecular flexibility index (Phi) is 5.94. The van der Waals surface area contributed by atoms with E-state index >= 15 is 0 Å². The van der Waals surface area contributed by atoms with E-state index in [-0.39, 0.29) is 17.9 Å². The lowest BCUT2D eigenvalue weighted by molar-refractivity contribution is -0.115. The van der Waals surface area contributed by atoms with E-state index in [1.165, 1.54) is 0 Å². The number of pyridine rings is 1. The van der Waals surface area contributed by atoms with Gasteiger partial charge < -0.3 is 16.4 Å². The monoisotopic (exact) mass is 426 g/mol. The predicted molar refractivity (Wildman–Crippen MR) is 124 cm³/mol. The van der Waals surface area contributed by atoms with Crippen molar-refractivity contribution in [1.82, 2.24) is 15.2 Å². The number of hydrogen-bond acceptors (Lipinski definition) is 5. The van der Waals surface area contributed by atoms with Crippen molar-refractivity contribution in [2.45, 2.75) is 13.3 Å². The Morgan fingerprint density at radius 3 is 2.41 bits per heavy atom. The number of nitrogens with two attached hydrogens (primary N) is 1. The molecule has 8 nitrogen and oxygen atoms in total. The predicted octanol–water partition coefficient (Wildman–Crippen LogP) is 3.80. The maximum absolute atomic E-state index is 12.3. The molecular weight excluding hydrogens is 404 g/mol. The molecule has 4 rings (SSSR count). The van der Waals surface area contributed by atoms with E-state index in [4.69, 9.17) is 5.73 Å². The highest BCUT2D eigenvalue weighted by Gasteiger charge is 2.20. The summed E-state index contributed by atoms with van der Waals surface area (Å²) in [4.78, 5) is 28.8. The van der Waals surface area contributed by atoms with Gasteiger partial charge in [0.05, 0.1) is 6.42 Å². The number of aryl methyl sites for hydroxylation is 1. The molecule has 0 saturated heterocycles. The third kappa shape index (κ3) is 4.81. The van der Waals surface area contributed by atoms with Crippen LogP contribution in [0.3, 0.4) is 0 Å². The molecule has 0 radical (unpaired) electrons. The van der Waals surface area contributed by atoms with Crippen LogP contribution in [0.15, 0.2) is 72.8 Å². The van der Waals surface area contributed by atoms with Gasteiger partial charge in [0.1, 0.15) is 22.9 Å². The van der Waals surface area contributed by atoms with Crippen molar-refractivity contribution < 1.29 is 9.59 Å². The highest BCUT2D eigenvalue weighted by Crippen LogP contribution is 2.29. The third-order valence-electron chi connectivity index (χ3n) is 4.80. The molecule has 2 aromatic heterocycles. The number of rotatable bonds is 7. The second-order valence-corrected chi connectivity index (χ2v) is 7.26. The molecule has 5 N–H and O–H groups in total. The molecule has 2 heterocycles. The number of anilines is 3. The number of aromatic amines is 1. The number of nitrogens with zero attached hydrogens (tertiary/aromatic N) is 2. The van der Waals surface area contributed by atoms with Gasteiger partial charge in [0.2, 0.25) is 5.91 Å². The quantitative estimate of drug-likeness (QED) is 0.358. The van der Waals surface area contributed by atoms with Gasteiger partial charge in [0, 0.05) is 16.9 Å². The zero-order chi connectivity index (χ0) is 22.5. The number of nitrogens with one attached hydrogen (secondary N) is 3. The van der Waals surface area contributed by atoms with Gasteiger partial charge >= 0.3 is 0 Å². The summed E-state index contributed by atoms with van der Waals surface area (Å²) in [6.07, 6.45) is 0.288. The molecule has 0 bridgehead atoms. The molecule has 0 aliphatic heterocycles. The minimum atomic E-state index is -0.621. The number of hydrogen-bond donors (Lipinski definition) is 4. The van der Waals surface area contributed by atoms with Crippen molar-refractivity contribution in [2.24, 2.45) is 5.73 Å². The summed E-state index contributed by atoms with van der Waals surface area (Å²) in [5, 5.41) is 13.0. The van der Waals surface area contributed by atoms with Crippen LogP contribution in [0.2, 0.25) is 0 Å². The van der Waals surface area contributed by atoms with Crippen LogP contribution < -0.4 is 16.4 Å². The number of carbonyl (C=O) groups excluding carboxylic acids is 2. The molecule has 0 atom stereocenters. The summed E-state index contributed by atoms with van der Waals surface area (Å²) in [7, 11) is 0. The van der Waals surface area contributed by atoms with Crippen LogP contribution in [-0.4, -0.2) is 27.0 Å². The number of aromatic nitrogens is 3. The fraction of sp³-hybridized carbons (Fsp3) is 0.0833. The molecule has 0 saturated carbocycles. The SMILES string of the molecule is Cc1cccc(Nc2[nH]nc(-c3ccc(NC(=O)Cc4ccccc4)cc3)c2C(N)=O)n1. The maximum Gasteiger partial charge on any atom is 0.254 e. The topological polar surface area (TPSA) is 126 Å². The molecule has 0 aliphatic carbocycles. The number of H-pyrrole nitrogens is 1. The Morgan fingerprint density at radius 2 is 1.72 bits per heavy atom. The zero-order valence-electron chi connectivity index (χ0n) is 17.4. The first kappa shape index (κ1) is 20.8. The molecule has 4 aromatic rings. The lowest BCUT2D eigenvalue weighted by Gasteiger charge is -2.08. The van der Waals surface area contributed by atoms with Crippen LogP contribution in [0.5, 0.6) is 0 Å². The molecule has 0 fully saturated rings. The normalized spacial score (nSPS) is 10.5. The van der Waals surface area contributed by atoms with Crippen molar-refractivity contribution in [3.05, 3.63) is 89.6 Å². The Balaban J connectivity index is 1.51. The lowest BCUT2D eigenvalue weighted by Crippen LogP contribution is -2.14. The number of carbonyl (C=O) groups is 2. The van der Waals surface area contributed by atoms with Crippen LogP contribution in [0.4, 0.5) is 17.3 Å². The van der Waals surface area contributed by atoms with Crippen LogP contribution in [0.25, 0.3) is 11.3 Å². The van der Waals surface area contributed by atoms with Gasteiger partial charge in [-0.05, 0) is 36.8 Å². The van der Waals surface area contributed by atoms with Crippen LogP contribution in [-0.2, 0) is 11.2 Å². The third-order valence-corrected chi connectivity index (χ3v) is 4.80. The Hall–Kier alpha value is -4.46. The Bertz CT molecular complexity index is 1250. The van der Waals surface area contributed by atoms with E-state index in [0.717, 1.165) is 11.3 Å². The fourth-order valence-corrected chi connectivity index (χ4v) is 3.32. The van der Waals surface area contributed by atoms with E-state index in [1.807, 2.05) is 49.4 Å². The standard InChI is InChI=1S/C24H22N6O2/c1-15-6-5-9-19(26-15)28-24-21(23(25)32)22(29-30-24)17-10-12-18(13-11-17)27-20(31)14-16-7-3-2-4-8-16/h2-13H,14H2,1H3,(H2,25,32)(H,27,31)(H2,26,28,29,30). The minimum absolute atomic E-state index is 0.112. The molecular formula is C24H22N6O2. The van der Waals surface area contributed by atoms with E-state index in [2.05, 4.69) is 25.8 Å². The molecule has 2 aromatic carbocycles. The van der Waals surface area contributed by atoms with Crippen LogP contribution in [0.1, 0.15) is 21.6 Å². The van der Waals surface area contributed by atoms with E-state index in [0.29, 0.717) is 28.6 Å². The first-order chi connectivity index (χ1) is 15.5. The van der Waals surface area contributed by atoms with E-state index in [9.17, 15) is 9.59 Å².